The van der Waals surface area contributed by atoms with E-state index < -0.39 is 34.3 Å². The maximum absolute atomic E-state index is 12.7. The number of carbonyl (C=O) groups is 3. The molecule has 1 aliphatic rings. The largest absolute Gasteiger partial charge is 0.448 e. The number of benzene rings is 1. The molecule has 2 aromatic rings. The lowest BCUT2D eigenvalue weighted by Gasteiger charge is -2.30. The lowest BCUT2D eigenvalue weighted by atomic mass is 10.1. The van der Waals surface area contributed by atoms with Crippen LogP contribution in [0.25, 0.3) is 0 Å². The number of hydrogen-bond donors (Lipinski definition) is 2. The van der Waals surface area contributed by atoms with Gasteiger partial charge in [0.25, 0.3) is 5.91 Å². The lowest BCUT2D eigenvalue weighted by Crippen LogP contribution is -2.47. The van der Waals surface area contributed by atoms with Gasteiger partial charge in [0.05, 0.1) is 16.3 Å². The summed E-state index contributed by atoms with van der Waals surface area (Å²) in [6, 6.07) is 6.68. The highest BCUT2D eigenvalue weighted by Crippen LogP contribution is 2.29. The normalized spacial score (nSPS) is 14.1. The number of nitrogens with one attached hydrogen (secondary N) is 2. The van der Waals surface area contributed by atoms with Crippen molar-refractivity contribution in [3.63, 3.8) is 0 Å². The van der Waals surface area contributed by atoms with Crippen molar-refractivity contribution in [2.24, 2.45) is 0 Å². The number of aromatic nitrogens is 2. The fourth-order valence-electron chi connectivity index (χ4n) is 2.71. The van der Waals surface area contributed by atoms with Crippen LogP contribution < -0.4 is 10.2 Å². The number of amides is 2. The molecule has 2 N–H and O–H groups in total. The van der Waals surface area contributed by atoms with Crippen molar-refractivity contribution in [1.29, 1.82) is 0 Å². The van der Waals surface area contributed by atoms with E-state index in [-0.39, 0.29) is 18.1 Å². The van der Waals surface area contributed by atoms with Gasteiger partial charge in [-0.25, -0.2) is 4.79 Å². The number of ether oxygens (including phenoxy) is 1. The summed E-state index contributed by atoms with van der Waals surface area (Å²) in [6.45, 7) is 2.47. The summed E-state index contributed by atoms with van der Waals surface area (Å²) in [5.41, 5.74) is -0.0189. The number of carbonyl (C=O) groups excluding carboxylic acids is 3. The highest BCUT2D eigenvalue weighted by atomic mass is 16.6. The number of anilines is 2. The standard InChI is InChI=1S/C16H15N5O6/c1-8-14(21(25)26)13(19-18-8)16(24)27-9(2)15(23)20-7-12(22)17-10-5-3-4-6-11(10)20/h3-6,9H,7H2,1-2H3,(H,17,22)(H,18,19)/t9-/m0/s1. The van der Waals surface area contributed by atoms with Gasteiger partial charge < -0.3 is 10.1 Å². The number of hydrogen-bond acceptors (Lipinski definition) is 7. The number of nitrogens with zero attached hydrogens (tertiary/aromatic N) is 3. The van der Waals surface area contributed by atoms with Gasteiger partial charge >= 0.3 is 11.7 Å². The molecule has 1 aromatic carbocycles. The molecule has 11 nitrogen and oxygen atoms in total. The summed E-state index contributed by atoms with van der Waals surface area (Å²) in [6.07, 6.45) is -1.28. The summed E-state index contributed by atoms with van der Waals surface area (Å²) < 4.78 is 5.06. The number of para-hydroxylation sites is 2. The Morgan fingerprint density at radius 1 is 1.37 bits per heavy atom. The topological polar surface area (TPSA) is 148 Å². The van der Waals surface area contributed by atoms with Crippen molar-refractivity contribution in [2.45, 2.75) is 20.0 Å². The second-order valence-electron chi connectivity index (χ2n) is 5.84. The Labute approximate surface area is 152 Å². The van der Waals surface area contributed by atoms with E-state index in [1.54, 1.807) is 24.3 Å². The highest BCUT2D eigenvalue weighted by molar-refractivity contribution is 6.11. The van der Waals surface area contributed by atoms with Gasteiger partial charge in [-0.2, -0.15) is 5.10 Å². The molecule has 0 aliphatic carbocycles. The molecule has 2 amide bonds. The Morgan fingerprint density at radius 2 is 2.07 bits per heavy atom. The van der Waals surface area contributed by atoms with Crippen LogP contribution in [-0.2, 0) is 14.3 Å². The number of nitro groups is 1. The van der Waals surface area contributed by atoms with Crippen LogP contribution in [0.15, 0.2) is 24.3 Å². The van der Waals surface area contributed by atoms with E-state index in [0.29, 0.717) is 11.4 Å². The van der Waals surface area contributed by atoms with Gasteiger partial charge in [0.2, 0.25) is 11.6 Å². The van der Waals surface area contributed by atoms with Crippen molar-refractivity contribution in [2.75, 3.05) is 16.8 Å². The molecule has 0 bridgehead atoms. The molecule has 3 rings (SSSR count). The van der Waals surface area contributed by atoms with E-state index in [1.165, 1.54) is 18.7 Å². The first-order valence-corrected chi connectivity index (χ1v) is 7.90. The SMILES string of the molecule is Cc1[nH]nc(C(=O)O[C@@H](C)C(=O)N2CC(=O)Nc3ccccc32)c1[N+](=O)[O-]. The van der Waals surface area contributed by atoms with Gasteiger partial charge in [-0.15, -0.1) is 0 Å². The number of rotatable bonds is 4. The van der Waals surface area contributed by atoms with Crippen molar-refractivity contribution in [3.8, 4) is 0 Å². The zero-order valence-electron chi connectivity index (χ0n) is 14.4. The molecule has 0 saturated heterocycles. The van der Waals surface area contributed by atoms with Gasteiger partial charge in [0, 0.05) is 0 Å². The van der Waals surface area contributed by atoms with E-state index in [1.807, 2.05) is 0 Å². The third-order valence-electron chi connectivity index (χ3n) is 3.96. The molecular weight excluding hydrogens is 358 g/mol. The third kappa shape index (κ3) is 3.34. The zero-order valence-corrected chi connectivity index (χ0v) is 14.4. The van der Waals surface area contributed by atoms with Gasteiger partial charge in [0.15, 0.2) is 6.10 Å². The fourth-order valence-corrected chi connectivity index (χ4v) is 2.71. The molecule has 0 radical (unpaired) electrons. The smallest absolute Gasteiger partial charge is 0.366 e. The average Bonchev–Trinajstić information content (AvgIpc) is 3.02. The van der Waals surface area contributed by atoms with Crippen LogP contribution in [0.3, 0.4) is 0 Å². The van der Waals surface area contributed by atoms with Crippen LogP contribution in [0.1, 0.15) is 23.1 Å². The minimum absolute atomic E-state index is 0.0903. The quantitative estimate of drug-likeness (QED) is 0.464. The summed E-state index contributed by atoms with van der Waals surface area (Å²) in [4.78, 5) is 48.3. The third-order valence-corrected chi connectivity index (χ3v) is 3.96. The fraction of sp³-hybridized carbons (Fsp3) is 0.250. The molecule has 0 saturated carbocycles. The highest BCUT2D eigenvalue weighted by Gasteiger charge is 2.34. The van der Waals surface area contributed by atoms with Crippen molar-refractivity contribution in [3.05, 3.63) is 45.8 Å². The average molecular weight is 373 g/mol. The number of aryl methyl sites for hydroxylation is 1. The molecule has 2 heterocycles. The molecule has 1 aromatic heterocycles. The van der Waals surface area contributed by atoms with Crippen LogP contribution in [0.2, 0.25) is 0 Å². The monoisotopic (exact) mass is 373 g/mol. The van der Waals surface area contributed by atoms with E-state index in [4.69, 9.17) is 4.74 Å². The van der Waals surface area contributed by atoms with E-state index >= 15 is 0 Å². The van der Waals surface area contributed by atoms with E-state index in [2.05, 4.69) is 15.5 Å². The lowest BCUT2D eigenvalue weighted by molar-refractivity contribution is -0.385. The maximum atomic E-state index is 12.7. The predicted octanol–water partition coefficient (Wildman–Crippen LogP) is 1.16. The van der Waals surface area contributed by atoms with Crippen LogP contribution in [0.4, 0.5) is 17.1 Å². The minimum atomic E-state index is -1.28. The minimum Gasteiger partial charge on any atom is -0.448 e. The second kappa shape index (κ2) is 6.86. The first kappa shape index (κ1) is 18.0. The molecule has 0 fully saturated rings. The molecule has 1 atom stereocenters. The predicted molar refractivity (Wildman–Crippen MR) is 92.3 cm³/mol. The number of H-pyrrole nitrogens is 1. The summed E-state index contributed by atoms with van der Waals surface area (Å²) in [5.74, 6) is -2.14. The molecule has 140 valence electrons. The van der Waals surface area contributed by atoms with Crippen molar-refractivity contribution in [1.82, 2.24) is 10.2 Å². The van der Waals surface area contributed by atoms with Crippen LogP contribution in [-0.4, -0.2) is 45.6 Å². The van der Waals surface area contributed by atoms with Crippen LogP contribution in [0.5, 0.6) is 0 Å². The Balaban J connectivity index is 1.80. The van der Waals surface area contributed by atoms with Crippen LogP contribution in [0, 0.1) is 17.0 Å². The Hall–Kier alpha value is -3.76. The van der Waals surface area contributed by atoms with Gasteiger partial charge in [-0.1, -0.05) is 12.1 Å². The van der Waals surface area contributed by atoms with Gasteiger partial charge in [0.1, 0.15) is 12.2 Å². The number of aromatic amines is 1. The second-order valence-corrected chi connectivity index (χ2v) is 5.84. The van der Waals surface area contributed by atoms with Crippen LogP contribution >= 0.6 is 0 Å². The Bertz CT molecular complexity index is 953. The Morgan fingerprint density at radius 3 is 2.78 bits per heavy atom. The molecule has 27 heavy (non-hydrogen) atoms. The summed E-state index contributed by atoms with van der Waals surface area (Å²) >= 11 is 0. The molecule has 11 heteroatoms. The van der Waals surface area contributed by atoms with Gasteiger partial charge in [-0.3, -0.25) is 29.7 Å². The van der Waals surface area contributed by atoms with Gasteiger partial charge in [-0.05, 0) is 26.0 Å². The first-order valence-electron chi connectivity index (χ1n) is 7.90. The van der Waals surface area contributed by atoms with E-state index in [0.717, 1.165) is 0 Å². The molecule has 0 unspecified atom stereocenters. The molecular formula is C16H15N5O6. The maximum Gasteiger partial charge on any atom is 0.366 e. The molecule has 1 aliphatic heterocycles. The van der Waals surface area contributed by atoms with Crippen molar-refractivity contribution >= 4 is 34.8 Å². The Kier molecular flexibility index (Phi) is 4.59. The number of fused-ring (bicyclic) bond motifs is 1. The molecule has 0 spiro atoms. The zero-order chi connectivity index (χ0) is 19.7. The number of esters is 1. The summed E-state index contributed by atoms with van der Waals surface area (Å²) in [7, 11) is 0. The summed E-state index contributed by atoms with van der Waals surface area (Å²) in [5, 5.41) is 19.6. The van der Waals surface area contributed by atoms with Crippen molar-refractivity contribution < 1.29 is 24.0 Å². The first-order chi connectivity index (χ1) is 12.8. The van der Waals surface area contributed by atoms with E-state index in [9.17, 15) is 24.5 Å².